The zero-order valence-electron chi connectivity index (χ0n) is 16.2. The highest BCUT2D eigenvalue weighted by Crippen LogP contribution is 2.27. The fourth-order valence-corrected chi connectivity index (χ4v) is 3.24. The van der Waals surface area contributed by atoms with Gasteiger partial charge >= 0.3 is 0 Å². The Hall–Kier alpha value is -1.80. The number of hydrogen-bond donors (Lipinski definition) is 2. The van der Waals surface area contributed by atoms with Crippen molar-refractivity contribution in [3.05, 3.63) is 28.7 Å². The average molecular weight is 453 g/mol. The molecule has 0 radical (unpaired) electrons. The van der Waals surface area contributed by atoms with E-state index < -0.39 is 11.5 Å². The second-order valence-electron chi connectivity index (χ2n) is 7.50. The zero-order chi connectivity index (χ0) is 20.2. The van der Waals surface area contributed by atoms with E-state index in [0.717, 1.165) is 21.5 Å². The molecule has 0 saturated heterocycles. The first-order valence-corrected chi connectivity index (χ1v) is 10.4. The van der Waals surface area contributed by atoms with Crippen LogP contribution in [0.1, 0.15) is 41.0 Å². The lowest BCUT2D eigenvalue weighted by Crippen LogP contribution is -2.50. The number of halogens is 1. The lowest BCUT2D eigenvalue weighted by Gasteiger charge is -2.27. The number of anilines is 1. The van der Waals surface area contributed by atoms with Crippen LogP contribution < -0.4 is 10.6 Å². The Bertz CT molecular complexity index is 799. The number of hydrogen-bond acceptors (Lipinski definition) is 5. The lowest BCUT2D eigenvalue weighted by molar-refractivity contribution is -0.132. The number of amides is 2. The van der Waals surface area contributed by atoms with Crippen molar-refractivity contribution in [2.45, 2.75) is 47.1 Å². The third kappa shape index (κ3) is 5.84. The van der Waals surface area contributed by atoms with Crippen molar-refractivity contribution in [1.82, 2.24) is 15.5 Å². The summed E-state index contributed by atoms with van der Waals surface area (Å²) in [7, 11) is 0. The molecule has 2 amide bonds. The summed E-state index contributed by atoms with van der Waals surface area (Å²) in [6, 6.07) is 7.09. The van der Waals surface area contributed by atoms with E-state index in [0.29, 0.717) is 5.13 Å². The van der Waals surface area contributed by atoms with Gasteiger partial charge in [0, 0.05) is 15.5 Å². The van der Waals surface area contributed by atoms with Crippen molar-refractivity contribution >= 4 is 44.2 Å². The Morgan fingerprint density at radius 1 is 1.19 bits per heavy atom. The topological polar surface area (TPSA) is 84.0 Å². The van der Waals surface area contributed by atoms with Gasteiger partial charge in [-0.25, -0.2) is 0 Å². The van der Waals surface area contributed by atoms with E-state index in [-0.39, 0.29) is 17.7 Å². The van der Waals surface area contributed by atoms with Gasteiger partial charge in [0.05, 0.1) is 0 Å². The first kappa shape index (κ1) is 21.5. The summed E-state index contributed by atoms with van der Waals surface area (Å²) < 4.78 is 0.982. The predicted octanol–water partition coefficient (Wildman–Crippen LogP) is 4.48. The standard InChI is InChI=1S/C19H25BrN4O2S/c1-6-11(2)14(21-17(26)19(3,4)5)15(25)22-18-24-23-16(27-18)12-7-9-13(20)10-8-12/h7-11,14H,6H2,1-5H3,(H,21,26)(H,22,24,25)/t11-,14-/m1/s1. The highest BCUT2D eigenvalue weighted by Gasteiger charge is 2.31. The van der Waals surface area contributed by atoms with E-state index in [1.54, 1.807) is 0 Å². The zero-order valence-corrected chi connectivity index (χ0v) is 18.6. The smallest absolute Gasteiger partial charge is 0.249 e. The van der Waals surface area contributed by atoms with Gasteiger partial charge in [0.2, 0.25) is 16.9 Å². The van der Waals surface area contributed by atoms with Gasteiger partial charge in [0.25, 0.3) is 0 Å². The molecule has 1 heterocycles. The fourth-order valence-electron chi connectivity index (χ4n) is 2.23. The van der Waals surface area contributed by atoms with Crippen molar-refractivity contribution in [3.8, 4) is 10.6 Å². The van der Waals surface area contributed by atoms with Crippen LogP contribution in [-0.2, 0) is 9.59 Å². The summed E-state index contributed by atoms with van der Waals surface area (Å²) in [5, 5.41) is 15.0. The molecule has 0 unspecified atom stereocenters. The molecular weight excluding hydrogens is 428 g/mol. The third-order valence-electron chi connectivity index (χ3n) is 4.21. The number of nitrogens with zero attached hydrogens (tertiary/aromatic N) is 2. The quantitative estimate of drug-likeness (QED) is 0.676. The molecule has 2 aromatic rings. The van der Waals surface area contributed by atoms with Gasteiger partial charge in [-0.1, -0.05) is 80.4 Å². The Balaban J connectivity index is 2.13. The summed E-state index contributed by atoms with van der Waals surface area (Å²) >= 11 is 4.70. The molecule has 0 aliphatic rings. The highest BCUT2D eigenvalue weighted by molar-refractivity contribution is 9.10. The largest absolute Gasteiger partial charge is 0.344 e. The number of carbonyl (C=O) groups excluding carboxylic acids is 2. The van der Waals surface area contributed by atoms with Crippen LogP contribution in [0.5, 0.6) is 0 Å². The van der Waals surface area contributed by atoms with Crippen molar-refractivity contribution < 1.29 is 9.59 Å². The maximum Gasteiger partial charge on any atom is 0.249 e. The van der Waals surface area contributed by atoms with Crippen LogP contribution in [0.25, 0.3) is 10.6 Å². The number of aromatic nitrogens is 2. The fraction of sp³-hybridized carbons (Fsp3) is 0.474. The molecule has 146 valence electrons. The van der Waals surface area contributed by atoms with Gasteiger partial charge in [-0.05, 0) is 18.1 Å². The SMILES string of the molecule is CC[C@@H](C)[C@@H](NC(=O)C(C)(C)C)C(=O)Nc1nnc(-c2ccc(Br)cc2)s1. The van der Waals surface area contributed by atoms with Crippen LogP contribution in [-0.4, -0.2) is 28.1 Å². The van der Waals surface area contributed by atoms with Gasteiger partial charge in [-0.2, -0.15) is 0 Å². The Labute approximate surface area is 172 Å². The Morgan fingerprint density at radius 3 is 2.37 bits per heavy atom. The summed E-state index contributed by atoms with van der Waals surface area (Å²) in [4.78, 5) is 25.1. The minimum Gasteiger partial charge on any atom is -0.344 e. The molecule has 0 bridgehead atoms. The molecule has 2 N–H and O–H groups in total. The second kappa shape index (κ2) is 8.93. The molecule has 1 aromatic carbocycles. The summed E-state index contributed by atoms with van der Waals surface area (Å²) in [6.45, 7) is 9.40. The summed E-state index contributed by atoms with van der Waals surface area (Å²) in [5.74, 6) is -0.439. The minimum absolute atomic E-state index is 0.00448. The lowest BCUT2D eigenvalue weighted by atomic mass is 9.92. The van der Waals surface area contributed by atoms with Crippen LogP contribution in [0.15, 0.2) is 28.7 Å². The summed E-state index contributed by atoms with van der Waals surface area (Å²) in [6.07, 6.45) is 0.767. The maximum absolute atomic E-state index is 12.8. The average Bonchev–Trinajstić information content (AvgIpc) is 3.06. The van der Waals surface area contributed by atoms with E-state index in [9.17, 15) is 9.59 Å². The number of nitrogens with one attached hydrogen (secondary N) is 2. The summed E-state index contributed by atoms with van der Waals surface area (Å²) in [5.41, 5.74) is 0.361. The van der Waals surface area contributed by atoms with Crippen LogP contribution in [0.3, 0.4) is 0 Å². The maximum atomic E-state index is 12.8. The third-order valence-corrected chi connectivity index (χ3v) is 5.63. The predicted molar refractivity (Wildman–Crippen MR) is 113 cm³/mol. The number of rotatable bonds is 6. The minimum atomic E-state index is -0.623. The Kier molecular flexibility index (Phi) is 7.11. The first-order chi connectivity index (χ1) is 12.6. The molecule has 2 atom stereocenters. The van der Waals surface area contributed by atoms with Gasteiger partial charge in [-0.15, -0.1) is 10.2 Å². The highest BCUT2D eigenvalue weighted by atomic mass is 79.9. The van der Waals surface area contributed by atoms with Crippen molar-refractivity contribution in [1.29, 1.82) is 0 Å². The van der Waals surface area contributed by atoms with Gasteiger partial charge in [0.15, 0.2) is 0 Å². The molecule has 2 rings (SSSR count). The molecule has 27 heavy (non-hydrogen) atoms. The molecular formula is C19H25BrN4O2S. The molecule has 8 heteroatoms. The molecule has 0 fully saturated rings. The van der Waals surface area contributed by atoms with E-state index in [1.807, 2.05) is 58.9 Å². The molecule has 1 aromatic heterocycles. The van der Waals surface area contributed by atoms with Gasteiger partial charge in [0.1, 0.15) is 11.0 Å². The van der Waals surface area contributed by atoms with Crippen LogP contribution in [0.2, 0.25) is 0 Å². The first-order valence-electron chi connectivity index (χ1n) is 8.83. The van der Waals surface area contributed by atoms with Crippen LogP contribution >= 0.6 is 27.3 Å². The van der Waals surface area contributed by atoms with Crippen LogP contribution in [0, 0.1) is 11.3 Å². The molecule has 0 spiro atoms. The number of carbonyl (C=O) groups is 2. The molecule has 0 aliphatic carbocycles. The normalized spacial score (nSPS) is 13.7. The monoisotopic (exact) mass is 452 g/mol. The van der Waals surface area contributed by atoms with Crippen molar-refractivity contribution in [2.75, 3.05) is 5.32 Å². The molecule has 6 nitrogen and oxygen atoms in total. The molecule has 0 saturated carbocycles. The van der Waals surface area contributed by atoms with E-state index in [4.69, 9.17) is 0 Å². The second-order valence-corrected chi connectivity index (χ2v) is 9.39. The van der Waals surface area contributed by atoms with E-state index in [1.165, 1.54) is 11.3 Å². The van der Waals surface area contributed by atoms with Gasteiger partial charge < -0.3 is 5.32 Å². The van der Waals surface area contributed by atoms with E-state index >= 15 is 0 Å². The van der Waals surface area contributed by atoms with Gasteiger partial charge in [-0.3, -0.25) is 14.9 Å². The van der Waals surface area contributed by atoms with Crippen molar-refractivity contribution in [2.24, 2.45) is 11.3 Å². The molecule has 0 aliphatic heterocycles. The number of benzene rings is 1. The Morgan fingerprint density at radius 2 is 1.81 bits per heavy atom. The van der Waals surface area contributed by atoms with E-state index in [2.05, 4.69) is 36.8 Å². The van der Waals surface area contributed by atoms with Crippen molar-refractivity contribution in [3.63, 3.8) is 0 Å². The van der Waals surface area contributed by atoms with Crippen LogP contribution in [0.4, 0.5) is 5.13 Å².